The van der Waals surface area contributed by atoms with E-state index in [9.17, 15) is 4.79 Å². The number of methoxy groups -OCH3 is 1. The van der Waals surface area contributed by atoms with Gasteiger partial charge in [0.05, 0.1) is 18.4 Å². The Balaban J connectivity index is 2.47. The monoisotopic (exact) mass is 255 g/mol. The van der Waals surface area contributed by atoms with Crippen LogP contribution in [0.25, 0.3) is 5.03 Å². The number of carbonyl (C=O) groups is 1. The van der Waals surface area contributed by atoms with E-state index in [0.717, 1.165) is 17.7 Å². The van der Waals surface area contributed by atoms with Gasteiger partial charge in [-0.2, -0.15) is 5.10 Å². The summed E-state index contributed by atoms with van der Waals surface area (Å²) in [6.45, 7) is 2.10. The van der Waals surface area contributed by atoms with E-state index in [1.165, 1.54) is 7.11 Å². The fourth-order valence-corrected chi connectivity index (χ4v) is 2.34. The van der Waals surface area contributed by atoms with Gasteiger partial charge in [0.1, 0.15) is 0 Å². The predicted molar refractivity (Wildman–Crippen MR) is 66.1 cm³/mol. The summed E-state index contributed by atoms with van der Waals surface area (Å²) in [5, 5.41) is 7.46. The van der Waals surface area contributed by atoms with Crippen molar-refractivity contribution in [2.45, 2.75) is 19.3 Å². The number of carbonyl (C=O) groups excluding carboxylic acids is 1. The van der Waals surface area contributed by atoms with Crippen LogP contribution < -0.4 is 5.32 Å². The zero-order valence-electron chi connectivity index (χ0n) is 9.95. The van der Waals surface area contributed by atoms with Gasteiger partial charge in [-0.1, -0.05) is 24.6 Å². The normalized spacial score (nSPS) is 18.4. The number of nitrogens with zero attached hydrogens (tertiary/aromatic N) is 2. The third kappa shape index (κ3) is 2.02. The number of ether oxygens (including phenoxy) is 1. The number of aromatic nitrogens is 2. The summed E-state index contributed by atoms with van der Waals surface area (Å²) < 4.78 is 6.31. The zero-order chi connectivity index (χ0) is 12.6. The Kier molecular flexibility index (Phi) is 3.11. The quantitative estimate of drug-likeness (QED) is 0.839. The van der Waals surface area contributed by atoms with Crippen molar-refractivity contribution >= 4 is 28.5 Å². The van der Waals surface area contributed by atoms with E-state index in [-0.39, 0.29) is 0 Å². The van der Waals surface area contributed by atoms with Crippen LogP contribution in [-0.2, 0) is 11.8 Å². The van der Waals surface area contributed by atoms with Crippen molar-refractivity contribution in [1.29, 1.82) is 0 Å². The van der Waals surface area contributed by atoms with Gasteiger partial charge < -0.3 is 4.74 Å². The molecule has 1 aromatic rings. The molecule has 0 saturated carbocycles. The van der Waals surface area contributed by atoms with Crippen LogP contribution in [0.4, 0.5) is 10.6 Å². The molecule has 17 heavy (non-hydrogen) atoms. The molecular formula is C11H14ClN3O2. The summed E-state index contributed by atoms with van der Waals surface area (Å²) in [5.74, 6) is 0.778. The van der Waals surface area contributed by atoms with Crippen LogP contribution in [0, 0.1) is 0 Å². The van der Waals surface area contributed by atoms with E-state index in [0.29, 0.717) is 16.8 Å². The lowest BCUT2D eigenvalue weighted by molar-refractivity contribution is 0.187. The first-order valence-corrected chi connectivity index (χ1v) is 5.70. The van der Waals surface area contributed by atoms with E-state index in [1.807, 2.05) is 13.1 Å². The third-order valence-electron chi connectivity index (χ3n) is 2.85. The molecule has 5 nitrogen and oxygen atoms in total. The lowest BCUT2D eigenvalue weighted by Gasteiger charge is -2.17. The predicted octanol–water partition coefficient (Wildman–Crippen LogP) is 2.69. The molecule has 0 fully saturated rings. The maximum absolute atomic E-state index is 11.2. The van der Waals surface area contributed by atoms with Crippen molar-refractivity contribution in [2.75, 3.05) is 12.4 Å². The Labute approximate surface area is 104 Å². The molecule has 0 bridgehead atoms. The molecule has 1 aromatic heterocycles. The van der Waals surface area contributed by atoms with Crippen LogP contribution >= 0.6 is 11.6 Å². The summed E-state index contributed by atoms with van der Waals surface area (Å²) in [5.41, 5.74) is 1.82. The van der Waals surface area contributed by atoms with Gasteiger partial charge in [-0.15, -0.1) is 0 Å². The Morgan fingerprint density at radius 3 is 3.06 bits per heavy atom. The number of amides is 1. The number of fused-ring (bicyclic) bond motifs is 1. The van der Waals surface area contributed by atoms with E-state index in [1.54, 1.807) is 4.68 Å². The van der Waals surface area contributed by atoms with Crippen molar-refractivity contribution in [1.82, 2.24) is 9.78 Å². The van der Waals surface area contributed by atoms with Crippen LogP contribution in [0.3, 0.4) is 0 Å². The number of anilines is 1. The summed E-state index contributed by atoms with van der Waals surface area (Å²) in [7, 11) is 3.15. The van der Waals surface area contributed by atoms with Crippen LogP contribution in [0.1, 0.15) is 30.5 Å². The number of nitrogens with one attached hydrogen (secondary N) is 1. The molecule has 1 aliphatic rings. The fraction of sp³-hybridized carbons (Fsp3) is 0.455. The first kappa shape index (κ1) is 12.0. The number of allylic oxidation sites excluding steroid dienone is 1. The first-order chi connectivity index (χ1) is 8.04. The van der Waals surface area contributed by atoms with Crippen LogP contribution in [0.15, 0.2) is 6.08 Å². The second-order valence-electron chi connectivity index (χ2n) is 4.04. The summed E-state index contributed by atoms with van der Waals surface area (Å²) in [4.78, 5) is 11.2. The zero-order valence-corrected chi connectivity index (χ0v) is 10.7. The molecule has 0 radical (unpaired) electrons. The fourth-order valence-electron chi connectivity index (χ4n) is 2.07. The highest BCUT2D eigenvalue weighted by Crippen LogP contribution is 2.39. The first-order valence-electron chi connectivity index (χ1n) is 5.32. The van der Waals surface area contributed by atoms with Gasteiger partial charge in [0.25, 0.3) is 0 Å². The minimum atomic E-state index is -0.548. The molecule has 1 atom stereocenters. The molecular weight excluding hydrogens is 242 g/mol. The number of hydrogen-bond acceptors (Lipinski definition) is 3. The van der Waals surface area contributed by atoms with Crippen LogP contribution in [-0.4, -0.2) is 23.0 Å². The van der Waals surface area contributed by atoms with Crippen molar-refractivity contribution in [2.24, 2.45) is 7.05 Å². The highest BCUT2D eigenvalue weighted by atomic mass is 35.5. The van der Waals surface area contributed by atoms with Crippen molar-refractivity contribution in [3.63, 3.8) is 0 Å². The van der Waals surface area contributed by atoms with Gasteiger partial charge >= 0.3 is 6.09 Å². The Bertz CT molecular complexity index is 493. The topological polar surface area (TPSA) is 56.1 Å². The summed E-state index contributed by atoms with van der Waals surface area (Å²) >= 11 is 6.17. The van der Waals surface area contributed by atoms with E-state index in [4.69, 9.17) is 11.6 Å². The second kappa shape index (κ2) is 4.41. The molecule has 0 aromatic carbocycles. The van der Waals surface area contributed by atoms with E-state index in [2.05, 4.69) is 22.1 Å². The minimum absolute atomic E-state index is 0.332. The molecule has 1 N–H and O–H groups in total. The molecule has 1 unspecified atom stereocenters. The molecule has 1 aliphatic carbocycles. The average molecular weight is 256 g/mol. The molecule has 92 valence electrons. The van der Waals surface area contributed by atoms with Gasteiger partial charge in [-0.25, -0.2) is 4.79 Å². The van der Waals surface area contributed by atoms with Gasteiger partial charge in [0.15, 0.2) is 5.82 Å². The maximum atomic E-state index is 11.2. The molecule has 0 spiro atoms. The Morgan fingerprint density at radius 1 is 1.71 bits per heavy atom. The van der Waals surface area contributed by atoms with E-state index >= 15 is 0 Å². The lowest BCUT2D eigenvalue weighted by Crippen LogP contribution is -2.12. The highest BCUT2D eigenvalue weighted by Gasteiger charge is 2.26. The van der Waals surface area contributed by atoms with Crippen molar-refractivity contribution < 1.29 is 9.53 Å². The second-order valence-corrected chi connectivity index (χ2v) is 4.45. The summed E-state index contributed by atoms with van der Waals surface area (Å²) in [6, 6.07) is 0. The lowest BCUT2D eigenvalue weighted by atomic mass is 9.94. The number of hydrogen-bond donors (Lipinski definition) is 1. The molecule has 6 heteroatoms. The van der Waals surface area contributed by atoms with E-state index < -0.39 is 6.09 Å². The Hall–Kier alpha value is -1.49. The molecule has 2 rings (SSSR count). The highest BCUT2D eigenvalue weighted by molar-refractivity contribution is 6.49. The van der Waals surface area contributed by atoms with Crippen molar-refractivity contribution in [3.8, 4) is 0 Å². The smallest absolute Gasteiger partial charge is 0.412 e. The number of rotatable bonds is 1. The van der Waals surface area contributed by atoms with Crippen molar-refractivity contribution in [3.05, 3.63) is 17.3 Å². The Morgan fingerprint density at radius 2 is 2.41 bits per heavy atom. The number of aryl methyl sites for hydroxylation is 1. The van der Waals surface area contributed by atoms with Crippen LogP contribution in [0.2, 0.25) is 0 Å². The van der Waals surface area contributed by atoms with Gasteiger partial charge in [0.2, 0.25) is 0 Å². The maximum Gasteiger partial charge on any atom is 0.412 e. The standard InChI is InChI=1S/C11H14ClN3O2/c1-6-4-5-7(12)8-9(6)15(2)14-10(8)13-11(16)17-3/h5-6H,4H2,1-3H3,(H,13,14,16). The largest absolute Gasteiger partial charge is 0.453 e. The van der Waals surface area contributed by atoms with Gasteiger partial charge in [-0.3, -0.25) is 10.00 Å². The molecule has 1 heterocycles. The third-order valence-corrected chi connectivity index (χ3v) is 3.20. The molecule has 0 saturated heterocycles. The van der Waals surface area contributed by atoms with Gasteiger partial charge in [-0.05, 0) is 6.42 Å². The van der Waals surface area contributed by atoms with Gasteiger partial charge in [0, 0.05) is 18.0 Å². The molecule has 0 aliphatic heterocycles. The SMILES string of the molecule is COC(=O)Nc1nn(C)c2c1C(Cl)=CCC2C. The van der Waals surface area contributed by atoms with Crippen LogP contribution in [0.5, 0.6) is 0 Å². The summed E-state index contributed by atoms with van der Waals surface area (Å²) in [6.07, 6.45) is 2.27. The number of halogens is 1. The average Bonchev–Trinajstić information content (AvgIpc) is 2.62. The minimum Gasteiger partial charge on any atom is -0.453 e. The molecule has 1 amide bonds.